The molecule has 1 aromatic carbocycles. The summed E-state index contributed by atoms with van der Waals surface area (Å²) in [7, 11) is 1.58. The van der Waals surface area contributed by atoms with Crippen molar-refractivity contribution < 1.29 is 9.53 Å². The number of hydrogen-bond donors (Lipinski definition) is 2. The van der Waals surface area contributed by atoms with Gasteiger partial charge in [0.1, 0.15) is 5.75 Å². The fraction of sp³-hybridized carbons (Fsp3) is 0.353. The molecule has 0 unspecified atom stereocenters. The van der Waals surface area contributed by atoms with Crippen molar-refractivity contribution in [3.63, 3.8) is 0 Å². The summed E-state index contributed by atoms with van der Waals surface area (Å²) >= 11 is 0. The van der Waals surface area contributed by atoms with E-state index in [1.54, 1.807) is 14.0 Å². The minimum absolute atomic E-state index is 0.147. The van der Waals surface area contributed by atoms with Crippen LogP contribution in [0.4, 0.5) is 5.95 Å². The molecule has 0 saturated carbocycles. The first-order valence-corrected chi connectivity index (χ1v) is 7.66. The normalized spacial score (nSPS) is 10.4. The zero-order chi connectivity index (χ0) is 16.8. The maximum absolute atomic E-state index is 12.1. The van der Waals surface area contributed by atoms with Crippen molar-refractivity contribution >= 4 is 11.9 Å². The minimum atomic E-state index is -0.235. The molecule has 0 aliphatic rings. The standard InChI is InChI=1S/C17H22N4O2/c1-4-5-10-23-13-8-6-12(7-9-13)15-14(16(22)19-3)11(2)20-17(18)21-15/h6-9H,4-5,10H2,1-3H3,(H,19,22)(H2,18,20,21). The van der Waals surface area contributed by atoms with Crippen LogP contribution in [0, 0.1) is 6.92 Å². The zero-order valence-corrected chi connectivity index (χ0v) is 13.7. The van der Waals surface area contributed by atoms with Crippen molar-refractivity contribution in [2.24, 2.45) is 0 Å². The van der Waals surface area contributed by atoms with Gasteiger partial charge in [-0.15, -0.1) is 0 Å². The molecule has 0 spiro atoms. The lowest BCUT2D eigenvalue weighted by molar-refractivity contribution is 0.0962. The fourth-order valence-electron chi connectivity index (χ4n) is 2.24. The smallest absolute Gasteiger partial charge is 0.255 e. The Morgan fingerprint density at radius 1 is 1.26 bits per heavy atom. The van der Waals surface area contributed by atoms with E-state index < -0.39 is 0 Å². The largest absolute Gasteiger partial charge is 0.494 e. The van der Waals surface area contributed by atoms with Crippen LogP contribution in [0.5, 0.6) is 5.75 Å². The molecule has 0 bridgehead atoms. The fourth-order valence-corrected chi connectivity index (χ4v) is 2.24. The molecule has 0 radical (unpaired) electrons. The van der Waals surface area contributed by atoms with Gasteiger partial charge in [-0.05, 0) is 37.6 Å². The van der Waals surface area contributed by atoms with E-state index in [2.05, 4.69) is 22.2 Å². The van der Waals surface area contributed by atoms with Crippen LogP contribution in [0.3, 0.4) is 0 Å². The molecule has 122 valence electrons. The number of rotatable bonds is 6. The van der Waals surface area contributed by atoms with Crippen LogP contribution in [0.2, 0.25) is 0 Å². The molecule has 1 heterocycles. The van der Waals surface area contributed by atoms with Crippen molar-refractivity contribution in [2.45, 2.75) is 26.7 Å². The lowest BCUT2D eigenvalue weighted by Crippen LogP contribution is -2.21. The van der Waals surface area contributed by atoms with E-state index in [0.717, 1.165) is 24.2 Å². The quantitative estimate of drug-likeness (QED) is 0.800. The first-order valence-electron chi connectivity index (χ1n) is 7.66. The number of nitrogens with zero attached hydrogens (tertiary/aromatic N) is 2. The Morgan fingerprint density at radius 3 is 2.57 bits per heavy atom. The Bertz CT molecular complexity index is 684. The number of hydrogen-bond acceptors (Lipinski definition) is 5. The van der Waals surface area contributed by atoms with Crippen molar-refractivity contribution in [3.05, 3.63) is 35.5 Å². The minimum Gasteiger partial charge on any atom is -0.494 e. The van der Waals surface area contributed by atoms with Crippen LogP contribution >= 0.6 is 0 Å². The van der Waals surface area contributed by atoms with Crippen molar-refractivity contribution in [3.8, 4) is 17.0 Å². The molecule has 1 aromatic heterocycles. The SMILES string of the molecule is CCCCOc1ccc(-c2nc(N)nc(C)c2C(=O)NC)cc1. The van der Waals surface area contributed by atoms with Gasteiger partial charge < -0.3 is 15.8 Å². The highest BCUT2D eigenvalue weighted by atomic mass is 16.5. The highest BCUT2D eigenvalue weighted by Crippen LogP contribution is 2.26. The number of aromatic nitrogens is 2. The number of nitrogens with one attached hydrogen (secondary N) is 1. The maximum Gasteiger partial charge on any atom is 0.255 e. The van der Waals surface area contributed by atoms with Crippen LogP contribution in [0.1, 0.15) is 35.8 Å². The third kappa shape index (κ3) is 3.97. The Kier molecular flexibility index (Phi) is 5.51. The molecule has 2 aromatic rings. The van der Waals surface area contributed by atoms with Gasteiger partial charge in [-0.2, -0.15) is 0 Å². The van der Waals surface area contributed by atoms with E-state index in [9.17, 15) is 4.79 Å². The molecule has 0 atom stereocenters. The van der Waals surface area contributed by atoms with Crippen molar-refractivity contribution in [1.29, 1.82) is 0 Å². The topological polar surface area (TPSA) is 90.1 Å². The first-order chi connectivity index (χ1) is 11.1. The van der Waals surface area contributed by atoms with Gasteiger partial charge in [0.15, 0.2) is 0 Å². The van der Waals surface area contributed by atoms with Gasteiger partial charge in [0.25, 0.3) is 5.91 Å². The highest BCUT2D eigenvalue weighted by Gasteiger charge is 2.18. The second kappa shape index (κ2) is 7.58. The van der Waals surface area contributed by atoms with Crippen LogP contribution in [0.15, 0.2) is 24.3 Å². The van der Waals surface area contributed by atoms with Gasteiger partial charge >= 0.3 is 0 Å². The van der Waals surface area contributed by atoms with Gasteiger partial charge in [-0.3, -0.25) is 4.79 Å². The Hall–Kier alpha value is -2.63. The van der Waals surface area contributed by atoms with E-state index in [1.807, 2.05) is 24.3 Å². The number of nitrogens with two attached hydrogens (primary N) is 1. The molecule has 6 heteroatoms. The van der Waals surface area contributed by atoms with Gasteiger partial charge in [0.05, 0.1) is 23.6 Å². The number of ether oxygens (including phenoxy) is 1. The van der Waals surface area contributed by atoms with E-state index in [4.69, 9.17) is 10.5 Å². The summed E-state index contributed by atoms with van der Waals surface area (Å²) in [5.41, 5.74) is 8.04. The Labute approximate surface area is 136 Å². The van der Waals surface area contributed by atoms with Crippen LogP contribution in [0.25, 0.3) is 11.3 Å². The number of nitrogen functional groups attached to an aromatic ring is 1. The molecule has 2 rings (SSSR count). The molecule has 0 aliphatic heterocycles. The average Bonchev–Trinajstić information content (AvgIpc) is 2.54. The molecular formula is C17H22N4O2. The molecule has 3 N–H and O–H groups in total. The lowest BCUT2D eigenvalue weighted by Gasteiger charge is -2.12. The molecule has 0 fully saturated rings. The van der Waals surface area contributed by atoms with Crippen molar-refractivity contribution in [1.82, 2.24) is 15.3 Å². The van der Waals surface area contributed by atoms with Crippen LogP contribution in [-0.2, 0) is 0 Å². The molecule has 0 saturated heterocycles. The molecule has 1 amide bonds. The summed E-state index contributed by atoms with van der Waals surface area (Å²) in [6, 6.07) is 7.47. The summed E-state index contributed by atoms with van der Waals surface area (Å²) in [6.07, 6.45) is 2.11. The number of benzene rings is 1. The van der Waals surface area contributed by atoms with Crippen molar-refractivity contribution in [2.75, 3.05) is 19.4 Å². The number of anilines is 1. The average molecular weight is 314 g/mol. The Morgan fingerprint density at radius 2 is 1.96 bits per heavy atom. The number of carbonyl (C=O) groups excluding carboxylic acids is 1. The summed E-state index contributed by atoms with van der Waals surface area (Å²) in [6.45, 7) is 4.56. The number of unbranched alkanes of at least 4 members (excludes halogenated alkanes) is 1. The third-order valence-electron chi connectivity index (χ3n) is 3.46. The third-order valence-corrected chi connectivity index (χ3v) is 3.46. The van der Waals surface area contributed by atoms with Crippen LogP contribution < -0.4 is 15.8 Å². The second-order valence-electron chi connectivity index (χ2n) is 5.20. The Balaban J connectivity index is 2.36. The molecule has 23 heavy (non-hydrogen) atoms. The molecular weight excluding hydrogens is 292 g/mol. The monoisotopic (exact) mass is 314 g/mol. The summed E-state index contributed by atoms with van der Waals surface area (Å²) in [5, 5.41) is 2.61. The van der Waals surface area contributed by atoms with Crippen LogP contribution in [-0.4, -0.2) is 29.5 Å². The van der Waals surface area contributed by atoms with Gasteiger partial charge in [-0.1, -0.05) is 13.3 Å². The van der Waals surface area contributed by atoms with E-state index in [0.29, 0.717) is 23.6 Å². The maximum atomic E-state index is 12.1. The summed E-state index contributed by atoms with van der Waals surface area (Å²) in [5.74, 6) is 0.705. The molecule has 6 nitrogen and oxygen atoms in total. The predicted molar refractivity (Wildman–Crippen MR) is 90.4 cm³/mol. The highest BCUT2D eigenvalue weighted by molar-refractivity contribution is 6.00. The number of aryl methyl sites for hydroxylation is 1. The second-order valence-corrected chi connectivity index (χ2v) is 5.20. The van der Waals surface area contributed by atoms with Gasteiger partial charge in [-0.25, -0.2) is 9.97 Å². The van der Waals surface area contributed by atoms with E-state index >= 15 is 0 Å². The first kappa shape index (κ1) is 16.7. The molecule has 0 aliphatic carbocycles. The van der Waals surface area contributed by atoms with Gasteiger partial charge in [0, 0.05) is 12.6 Å². The lowest BCUT2D eigenvalue weighted by atomic mass is 10.0. The predicted octanol–water partition coefficient (Wildman–Crippen LogP) is 2.57. The summed E-state index contributed by atoms with van der Waals surface area (Å²) in [4.78, 5) is 20.4. The summed E-state index contributed by atoms with van der Waals surface area (Å²) < 4.78 is 5.65. The van der Waals surface area contributed by atoms with E-state index in [1.165, 1.54) is 0 Å². The van der Waals surface area contributed by atoms with Gasteiger partial charge in [0.2, 0.25) is 5.95 Å². The number of carbonyl (C=O) groups is 1. The number of amides is 1. The zero-order valence-electron chi connectivity index (χ0n) is 13.7. The van der Waals surface area contributed by atoms with E-state index in [-0.39, 0.29) is 11.9 Å².